The molecule has 17 heavy (non-hydrogen) atoms. The van der Waals surface area contributed by atoms with Crippen molar-refractivity contribution in [3.8, 4) is 0 Å². The Morgan fingerprint density at radius 3 is 2.53 bits per heavy atom. The molecule has 0 atom stereocenters. The zero-order chi connectivity index (χ0) is 12.9. The SMILES string of the molecule is CC(C)S(=O)(=O)NC(=O)COC1CCNCC1. The summed E-state index contributed by atoms with van der Waals surface area (Å²) in [6, 6.07) is 0. The standard InChI is InChI=1S/C10H20N2O4S/c1-8(2)17(14,15)12-10(13)7-16-9-3-5-11-6-4-9/h8-9,11H,3-7H2,1-2H3,(H,12,13). The molecule has 2 N–H and O–H groups in total. The first-order chi connectivity index (χ1) is 7.92. The Bertz CT molecular complexity index is 347. The van der Waals surface area contributed by atoms with E-state index in [1.807, 2.05) is 4.72 Å². The Labute approximate surface area is 102 Å². The molecule has 0 aliphatic carbocycles. The lowest BCUT2D eigenvalue weighted by Crippen LogP contribution is -2.40. The summed E-state index contributed by atoms with van der Waals surface area (Å²) < 4.78 is 30.1. The maximum absolute atomic E-state index is 11.4. The topological polar surface area (TPSA) is 84.5 Å². The van der Waals surface area contributed by atoms with Crippen LogP contribution in [-0.4, -0.2) is 45.4 Å². The van der Waals surface area contributed by atoms with E-state index in [1.165, 1.54) is 13.8 Å². The molecule has 7 heteroatoms. The maximum atomic E-state index is 11.4. The van der Waals surface area contributed by atoms with Gasteiger partial charge in [0.1, 0.15) is 6.61 Å². The van der Waals surface area contributed by atoms with Gasteiger partial charge < -0.3 is 10.1 Å². The van der Waals surface area contributed by atoms with E-state index in [-0.39, 0.29) is 12.7 Å². The molecule has 1 saturated heterocycles. The Balaban J connectivity index is 2.30. The minimum atomic E-state index is -3.54. The predicted octanol–water partition coefficient (Wildman–Crippen LogP) is -0.391. The first kappa shape index (κ1) is 14.4. The molecule has 0 aromatic rings. The molecule has 0 saturated carbocycles. The minimum Gasteiger partial charge on any atom is -0.368 e. The number of piperidine rings is 1. The van der Waals surface area contributed by atoms with E-state index in [0.29, 0.717) is 0 Å². The summed E-state index contributed by atoms with van der Waals surface area (Å²) in [7, 11) is -3.54. The van der Waals surface area contributed by atoms with Crippen molar-refractivity contribution in [1.82, 2.24) is 10.0 Å². The normalized spacial score (nSPS) is 18.3. The fraction of sp³-hybridized carbons (Fsp3) is 0.900. The second kappa shape index (κ2) is 6.32. The zero-order valence-corrected chi connectivity index (χ0v) is 11.0. The second-order valence-electron chi connectivity index (χ2n) is 4.38. The van der Waals surface area contributed by atoms with Gasteiger partial charge in [0, 0.05) is 0 Å². The summed E-state index contributed by atoms with van der Waals surface area (Å²) in [6.45, 7) is 4.58. The molecule has 0 spiro atoms. The highest BCUT2D eigenvalue weighted by Gasteiger charge is 2.20. The van der Waals surface area contributed by atoms with Crippen molar-refractivity contribution < 1.29 is 17.9 Å². The van der Waals surface area contributed by atoms with Crippen LogP contribution in [0.1, 0.15) is 26.7 Å². The number of sulfonamides is 1. The zero-order valence-electron chi connectivity index (χ0n) is 10.2. The molecule has 1 amide bonds. The lowest BCUT2D eigenvalue weighted by atomic mass is 10.1. The molecular formula is C10H20N2O4S. The smallest absolute Gasteiger partial charge is 0.259 e. The summed E-state index contributed by atoms with van der Waals surface area (Å²) in [6.07, 6.45) is 1.75. The van der Waals surface area contributed by atoms with Gasteiger partial charge in [0.2, 0.25) is 10.0 Å². The molecule has 0 aromatic heterocycles. The van der Waals surface area contributed by atoms with E-state index >= 15 is 0 Å². The van der Waals surface area contributed by atoms with Crippen LogP contribution in [0.5, 0.6) is 0 Å². The Kier molecular flexibility index (Phi) is 5.35. The minimum absolute atomic E-state index is 0.0451. The van der Waals surface area contributed by atoms with E-state index in [2.05, 4.69) is 5.32 Å². The number of amides is 1. The average Bonchev–Trinajstić information content (AvgIpc) is 2.27. The third-order valence-corrected chi connectivity index (χ3v) is 4.37. The summed E-state index contributed by atoms with van der Waals surface area (Å²) in [5.74, 6) is -0.600. The van der Waals surface area contributed by atoms with Crippen LogP contribution in [0, 0.1) is 0 Å². The van der Waals surface area contributed by atoms with Gasteiger partial charge >= 0.3 is 0 Å². The van der Waals surface area contributed by atoms with Crippen LogP contribution >= 0.6 is 0 Å². The first-order valence-corrected chi connectivity index (χ1v) is 7.33. The summed E-state index contributed by atoms with van der Waals surface area (Å²) in [4.78, 5) is 11.4. The van der Waals surface area contributed by atoms with Crippen molar-refractivity contribution in [3.63, 3.8) is 0 Å². The van der Waals surface area contributed by atoms with Crippen LogP contribution in [-0.2, 0) is 19.6 Å². The highest BCUT2D eigenvalue weighted by molar-refractivity contribution is 7.90. The van der Waals surface area contributed by atoms with Crippen LogP contribution < -0.4 is 10.0 Å². The summed E-state index contributed by atoms with van der Waals surface area (Å²) in [5, 5.41) is 2.56. The Hall–Kier alpha value is -0.660. The Morgan fingerprint density at radius 2 is 2.00 bits per heavy atom. The highest BCUT2D eigenvalue weighted by Crippen LogP contribution is 2.06. The quantitative estimate of drug-likeness (QED) is 0.706. The maximum Gasteiger partial charge on any atom is 0.259 e. The van der Waals surface area contributed by atoms with Gasteiger partial charge in [-0.3, -0.25) is 9.52 Å². The van der Waals surface area contributed by atoms with Crippen LogP contribution in [0.3, 0.4) is 0 Å². The van der Waals surface area contributed by atoms with Crippen molar-refractivity contribution in [2.75, 3.05) is 19.7 Å². The van der Waals surface area contributed by atoms with E-state index in [9.17, 15) is 13.2 Å². The number of hydrogen-bond donors (Lipinski definition) is 2. The first-order valence-electron chi connectivity index (χ1n) is 5.78. The molecule has 100 valence electrons. The van der Waals surface area contributed by atoms with Crippen LogP contribution in [0.2, 0.25) is 0 Å². The third kappa shape index (κ3) is 5.01. The van der Waals surface area contributed by atoms with Crippen molar-refractivity contribution in [2.45, 2.75) is 38.0 Å². The summed E-state index contributed by atoms with van der Waals surface area (Å²) in [5.41, 5.74) is 0. The van der Waals surface area contributed by atoms with Gasteiger partial charge in [0.05, 0.1) is 11.4 Å². The van der Waals surface area contributed by atoms with E-state index < -0.39 is 21.2 Å². The number of ether oxygens (including phenoxy) is 1. The van der Waals surface area contributed by atoms with Crippen LogP contribution in [0.15, 0.2) is 0 Å². The molecular weight excluding hydrogens is 244 g/mol. The number of nitrogens with one attached hydrogen (secondary N) is 2. The lowest BCUT2D eigenvalue weighted by Gasteiger charge is -2.22. The van der Waals surface area contributed by atoms with E-state index in [1.54, 1.807) is 0 Å². The molecule has 0 aromatic carbocycles. The third-order valence-electron chi connectivity index (χ3n) is 2.61. The Morgan fingerprint density at radius 1 is 1.41 bits per heavy atom. The molecule has 0 unspecified atom stereocenters. The van der Waals surface area contributed by atoms with Crippen molar-refractivity contribution in [3.05, 3.63) is 0 Å². The molecule has 1 aliphatic rings. The predicted molar refractivity (Wildman–Crippen MR) is 64.0 cm³/mol. The van der Waals surface area contributed by atoms with Gasteiger partial charge in [-0.15, -0.1) is 0 Å². The van der Waals surface area contributed by atoms with E-state index in [0.717, 1.165) is 25.9 Å². The van der Waals surface area contributed by atoms with Gasteiger partial charge in [-0.25, -0.2) is 8.42 Å². The molecule has 1 rings (SSSR count). The van der Waals surface area contributed by atoms with Crippen LogP contribution in [0.4, 0.5) is 0 Å². The van der Waals surface area contributed by atoms with E-state index in [4.69, 9.17) is 4.74 Å². The van der Waals surface area contributed by atoms with Gasteiger partial charge in [0.25, 0.3) is 5.91 Å². The van der Waals surface area contributed by atoms with Crippen molar-refractivity contribution in [1.29, 1.82) is 0 Å². The molecule has 1 aliphatic heterocycles. The van der Waals surface area contributed by atoms with Gasteiger partial charge in [-0.2, -0.15) is 0 Å². The second-order valence-corrected chi connectivity index (χ2v) is 6.62. The summed E-state index contributed by atoms with van der Waals surface area (Å²) >= 11 is 0. The number of carbonyl (C=O) groups excluding carboxylic acids is 1. The number of hydrogen-bond acceptors (Lipinski definition) is 5. The molecule has 0 radical (unpaired) electrons. The number of carbonyl (C=O) groups is 1. The molecule has 1 fully saturated rings. The molecule has 0 bridgehead atoms. The van der Waals surface area contributed by atoms with Crippen molar-refractivity contribution >= 4 is 15.9 Å². The van der Waals surface area contributed by atoms with Gasteiger partial charge in [-0.05, 0) is 39.8 Å². The van der Waals surface area contributed by atoms with Gasteiger partial charge in [-0.1, -0.05) is 0 Å². The number of rotatable bonds is 5. The van der Waals surface area contributed by atoms with Crippen molar-refractivity contribution in [2.24, 2.45) is 0 Å². The van der Waals surface area contributed by atoms with Crippen LogP contribution in [0.25, 0.3) is 0 Å². The molecule has 6 nitrogen and oxygen atoms in total. The fourth-order valence-corrected chi connectivity index (χ4v) is 2.07. The van der Waals surface area contributed by atoms with Gasteiger partial charge in [0.15, 0.2) is 0 Å². The largest absolute Gasteiger partial charge is 0.368 e. The molecule has 1 heterocycles. The lowest BCUT2D eigenvalue weighted by molar-refractivity contribution is -0.126. The fourth-order valence-electron chi connectivity index (χ4n) is 1.46. The monoisotopic (exact) mass is 264 g/mol. The average molecular weight is 264 g/mol. The highest BCUT2D eigenvalue weighted by atomic mass is 32.2.